The van der Waals surface area contributed by atoms with Crippen molar-refractivity contribution in [2.75, 3.05) is 0 Å². The summed E-state index contributed by atoms with van der Waals surface area (Å²) < 4.78 is 2.19. The van der Waals surface area contributed by atoms with Crippen molar-refractivity contribution in [2.24, 2.45) is 0 Å². The van der Waals surface area contributed by atoms with Crippen LogP contribution in [0.4, 0.5) is 0 Å². The number of hydrogen-bond acceptors (Lipinski definition) is 2. The molecule has 0 aliphatic rings. The number of benzene rings is 6. The highest BCUT2D eigenvalue weighted by Crippen LogP contribution is 2.41. The molecule has 41 heavy (non-hydrogen) atoms. The van der Waals surface area contributed by atoms with E-state index in [0.29, 0.717) is 11.1 Å². The summed E-state index contributed by atoms with van der Waals surface area (Å²) in [6.07, 6.45) is 0. The molecule has 3 nitrogen and oxygen atoms in total. The first-order chi connectivity index (χ1) is 20.2. The van der Waals surface area contributed by atoms with Crippen LogP contribution in [0.3, 0.4) is 0 Å². The molecule has 0 bridgehead atoms. The van der Waals surface area contributed by atoms with Crippen molar-refractivity contribution in [1.82, 2.24) is 4.57 Å². The van der Waals surface area contributed by atoms with Crippen LogP contribution >= 0.6 is 0 Å². The molecule has 0 aliphatic carbocycles. The van der Waals surface area contributed by atoms with Gasteiger partial charge in [0.1, 0.15) is 6.07 Å². The molecule has 1 heterocycles. The quantitative estimate of drug-likeness (QED) is 0.232. The summed E-state index contributed by atoms with van der Waals surface area (Å²) in [5, 5.41) is 22.4. The molecule has 0 spiro atoms. The fourth-order valence-corrected chi connectivity index (χ4v) is 5.75. The number of aromatic nitrogens is 1. The fourth-order valence-electron chi connectivity index (χ4n) is 5.75. The van der Waals surface area contributed by atoms with Crippen LogP contribution in [0.25, 0.3) is 60.9 Å². The van der Waals surface area contributed by atoms with Crippen molar-refractivity contribution in [3.05, 3.63) is 151 Å². The van der Waals surface area contributed by atoms with Gasteiger partial charge in [-0.05, 0) is 64.2 Å². The minimum absolute atomic E-state index is 0.459. The third kappa shape index (κ3) is 4.14. The Morgan fingerprint density at radius 3 is 1.39 bits per heavy atom. The second-order valence-corrected chi connectivity index (χ2v) is 10.0. The number of nitrogens with zero attached hydrogens (tertiary/aromatic N) is 3. The minimum Gasteiger partial charge on any atom is -0.307 e. The Bertz CT molecular complexity index is 2050. The van der Waals surface area contributed by atoms with Gasteiger partial charge in [0, 0.05) is 16.3 Å². The summed E-state index contributed by atoms with van der Waals surface area (Å²) in [5.41, 5.74) is 10.1. The number of nitriles is 2. The number of fused-ring (bicyclic) bond motifs is 3. The van der Waals surface area contributed by atoms with Gasteiger partial charge in [-0.25, -0.2) is 0 Å². The molecule has 190 valence electrons. The Morgan fingerprint density at radius 2 is 0.927 bits per heavy atom. The van der Waals surface area contributed by atoms with E-state index in [1.807, 2.05) is 48.5 Å². The van der Waals surface area contributed by atoms with Crippen LogP contribution in [-0.2, 0) is 0 Å². The predicted molar refractivity (Wildman–Crippen MR) is 167 cm³/mol. The first kappa shape index (κ1) is 24.2. The Hall–Kier alpha value is -5.90. The molecular weight excluding hydrogens is 498 g/mol. The second kappa shape index (κ2) is 10.0. The van der Waals surface area contributed by atoms with Crippen molar-refractivity contribution in [3.8, 4) is 51.2 Å². The second-order valence-electron chi connectivity index (χ2n) is 10.0. The summed E-state index contributed by atoms with van der Waals surface area (Å²) in [7, 11) is 0. The highest BCUT2D eigenvalue weighted by molar-refractivity contribution is 6.12. The largest absolute Gasteiger partial charge is 0.307 e. The smallest absolute Gasteiger partial charge is 0.101 e. The van der Waals surface area contributed by atoms with E-state index >= 15 is 0 Å². The van der Waals surface area contributed by atoms with Crippen molar-refractivity contribution >= 4 is 21.8 Å². The van der Waals surface area contributed by atoms with Gasteiger partial charge in [0.05, 0.1) is 33.9 Å². The molecule has 0 atom stereocenters. The minimum atomic E-state index is 0.459. The number of hydrogen-bond donors (Lipinski definition) is 0. The molecule has 0 N–H and O–H groups in total. The van der Waals surface area contributed by atoms with Gasteiger partial charge in [0.15, 0.2) is 0 Å². The third-order valence-corrected chi connectivity index (χ3v) is 7.65. The van der Waals surface area contributed by atoms with Crippen molar-refractivity contribution in [2.45, 2.75) is 0 Å². The summed E-state index contributed by atoms with van der Waals surface area (Å²) >= 11 is 0. The Labute approximate surface area is 238 Å². The van der Waals surface area contributed by atoms with E-state index in [2.05, 4.69) is 102 Å². The molecule has 0 saturated heterocycles. The van der Waals surface area contributed by atoms with Gasteiger partial charge in [-0.1, -0.05) is 103 Å². The molecular formula is C38H23N3. The third-order valence-electron chi connectivity index (χ3n) is 7.65. The van der Waals surface area contributed by atoms with E-state index in [4.69, 9.17) is 0 Å². The normalized spacial score (nSPS) is 10.9. The maximum atomic E-state index is 10.4. The molecule has 0 fully saturated rings. The molecule has 7 rings (SSSR count). The zero-order chi connectivity index (χ0) is 27.8. The van der Waals surface area contributed by atoms with E-state index in [1.54, 1.807) is 6.07 Å². The van der Waals surface area contributed by atoms with Crippen LogP contribution in [0, 0.1) is 22.7 Å². The molecule has 0 aliphatic heterocycles. The van der Waals surface area contributed by atoms with Gasteiger partial charge in [-0.2, -0.15) is 10.5 Å². The lowest BCUT2D eigenvalue weighted by Gasteiger charge is -2.16. The van der Waals surface area contributed by atoms with Crippen LogP contribution in [0.5, 0.6) is 0 Å². The average Bonchev–Trinajstić information content (AvgIpc) is 3.38. The van der Waals surface area contributed by atoms with Gasteiger partial charge < -0.3 is 4.57 Å². The maximum Gasteiger partial charge on any atom is 0.101 e. The lowest BCUT2D eigenvalue weighted by molar-refractivity contribution is 1.17. The first-order valence-electron chi connectivity index (χ1n) is 13.5. The maximum absolute atomic E-state index is 10.4. The Balaban J connectivity index is 1.61. The molecule has 1 aromatic heterocycles. The van der Waals surface area contributed by atoms with Gasteiger partial charge in [0.2, 0.25) is 0 Å². The van der Waals surface area contributed by atoms with Crippen LogP contribution in [0.1, 0.15) is 11.1 Å². The van der Waals surface area contributed by atoms with Crippen molar-refractivity contribution < 1.29 is 0 Å². The highest BCUT2D eigenvalue weighted by Gasteiger charge is 2.21. The van der Waals surface area contributed by atoms with Crippen LogP contribution in [0.15, 0.2) is 140 Å². The number of rotatable bonds is 4. The fraction of sp³-hybridized carbons (Fsp3) is 0. The van der Waals surface area contributed by atoms with E-state index in [9.17, 15) is 10.5 Å². The van der Waals surface area contributed by atoms with Gasteiger partial charge >= 0.3 is 0 Å². The highest BCUT2D eigenvalue weighted by atomic mass is 15.0. The summed E-state index contributed by atoms with van der Waals surface area (Å²) in [5.74, 6) is 0. The van der Waals surface area contributed by atoms with Crippen molar-refractivity contribution in [3.63, 3.8) is 0 Å². The SMILES string of the molecule is N#Cc1cc(C#N)c(-n2c3ccc(-c4ccccc4)cc3c3cc(-c4ccccc4)ccc32)c(-c2ccccc2)c1. The van der Waals surface area contributed by atoms with E-state index in [-0.39, 0.29) is 0 Å². The van der Waals surface area contributed by atoms with E-state index in [1.165, 1.54) is 0 Å². The van der Waals surface area contributed by atoms with Crippen LogP contribution in [0.2, 0.25) is 0 Å². The summed E-state index contributed by atoms with van der Waals surface area (Å²) in [6, 6.07) is 52.0. The van der Waals surface area contributed by atoms with Crippen LogP contribution < -0.4 is 0 Å². The molecule has 0 radical (unpaired) electrons. The Morgan fingerprint density at radius 1 is 0.439 bits per heavy atom. The lowest BCUT2D eigenvalue weighted by Crippen LogP contribution is -2.02. The van der Waals surface area contributed by atoms with Gasteiger partial charge in [-0.15, -0.1) is 0 Å². The first-order valence-corrected chi connectivity index (χ1v) is 13.5. The Kier molecular flexibility index (Phi) is 5.90. The van der Waals surface area contributed by atoms with E-state index in [0.717, 1.165) is 60.9 Å². The standard InChI is InChI=1S/C38H23N3/c39-24-26-20-32(25-40)38(33(21-26)29-14-8-3-9-15-29)41-36-18-16-30(27-10-4-1-5-11-27)22-34(36)35-23-31(17-19-37(35)41)28-12-6-2-7-13-28/h1-23H. The molecule has 3 heteroatoms. The van der Waals surface area contributed by atoms with Crippen LogP contribution in [-0.4, -0.2) is 4.57 Å². The monoisotopic (exact) mass is 521 g/mol. The van der Waals surface area contributed by atoms with Crippen molar-refractivity contribution in [1.29, 1.82) is 10.5 Å². The summed E-state index contributed by atoms with van der Waals surface area (Å²) in [6.45, 7) is 0. The lowest BCUT2D eigenvalue weighted by atomic mass is 9.97. The van der Waals surface area contributed by atoms with Gasteiger partial charge in [0.25, 0.3) is 0 Å². The molecule has 7 aromatic rings. The predicted octanol–water partition coefficient (Wildman–Crippen LogP) is 9.53. The van der Waals surface area contributed by atoms with E-state index < -0.39 is 0 Å². The zero-order valence-corrected chi connectivity index (χ0v) is 22.1. The zero-order valence-electron chi connectivity index (χ0n) is 22.1. The summed E-state index contributed by atoms with van der Waals surface area (Å²) in [4.78, 5) is 0. The molecule has 6 aromatic carbocycles. The average molecular weight is 522 g/mol. The van der Waals surface area contributed by atoms with Gasteiger partial charge in [-0.3, -0.25) is 0 Å². The molecule has 0 amide bonds. The molecule has 0 saturated carbocycles. The molecule has 0 unspecified atom stereocenters. The topological polar surface area (TPSA) is 52.5 Å².